The van der Waals surface area contributed by atoms with E-state index in [2.05, 4.69) is 11.5 Å². The highest BCUT2D eigenvalue weighted by molar-refractivity contribution is 5.90. The van der Waals surface area contributed by atoms with Crippen LogP contribution in [0.4, 0.5) is 0 Å². The van der Waals surface area contributed by atoms with Gasteiger partial charge in [-0.2, -0.15) is 0 Å². The quantitative estimate of drug-likeness (QED) is 0.771. The molecule has 0 spiro atoms. The number of furan rings is 1. The SMILES string of the molecule is C=CC[C@@]1(C(=O)O)CCCN(Cc2cc(C(N)=O)oc2C(C)(C)C)C1. The van der Waals surface area contributed by atoms with Gasteiger partial charge in [-0.15, -0.1) is 6.58 Å². The molecule has 2 heterocycles. The lowest BCUT2D eigenvalue weighted by atomic mass is 9.77. The van der Waals surface area contributed by atoms with Crippen molar-refractivity contribution in [3.05, 3.63) is 35.8 Å². The molecule has 1 fully saturated rings. The largest absolute Gasteiger partial charge is 0.481 e. The lowest BCUT2D eigenvalue weighted by Crippen LogP contribution is -2.47. The van der Waals surface area contributed by atoms with Crippen LogP contribution in [0, 0.1) is 5.41 Å². The number of rotatable bonds is 6. The van der Waals surface area contributed by atoms with E-state index < -0.39 is 17.3 Å². The van der Waals surface area contributed by atoms with Crippen LogP contribution in [0.2, 0.25) is 0 Å². The highest BCUT2D eigenvalue weighted by Crippen LogP contribution is 2.36. The topological polar surface area (TPSA) is 96.8 Å². The van der Waals surface area contributed by atoms with Crippen molar-refractivity contribution >= 4 is 11.9 Å². The molecule has 6 nitrogen and oxygen atoms in total. The third-order valence-electron chi connectivity index (χ3n) is 4.77. The zero-order valence-corrected chi connectivity index (χ0v) is 15.3. The Hall–Kier alpha value is -2.08. The molecular weight excluding hydrogens is 320 g/mol. The molecule has 3 N–H and O–H groups in total. The summed E-state index contributed by atoms with van der Waals surface area (Å²) in [5.41, 5.74) is 5.18. The fourth-order valence-corrected chi connectivity index (χ4v) is 3.61. The Bertz CT molecular complexity index is 671. The number of nitrogens with zero attached hydrogens (tertiary/aromatic N) is 1. The third kappa shape index (κ3) is 4.12. The molecule has 1 amide bonds. The molecular formula is C19H28N2O4. The molecule has 25 heavy (non-hydrogen) atoms. The molecule has 138 valence electrons. The van der Waals surface area contributed by atoms with Crippen molar-refractivity contribution in [1.29, 1.82) is 0 Å². The summed E-state index contributed by atoms with van der Waals surface area (Å²) >= 11 is 0. The van der Waals surface area contributed by atoms with Gasteiger partial charge in [-0.05, 0) is 31.9 Å². The highest BCUT2D eigenvalue weighted by Gasteiger charge is 2.41. The average Bonchev–Trinajstić information content (AvgIpc) is 2.92. The van der Waals surface area contributed by atoms with Crippen LogP contribution < -0.4 is 5.73 Å². The van der Waals surface area contributed by atoms with Gasteiger partial charge in [0.2, 0.25) is 0 Å². The molecule has 0 radical (unpaired) electrons. The van der Waals surface area contributed by atoms with E-state index in [1.54, 1.807) is 12.1 Å². The minimum Gasteiger partial charge on any atom is -0.481 e. The molecule has 0 unspecified atom stereocenters. The van der Waals surface area contributed by atoms with E-state index in [4.69, 9.17) is 10.2 Å². The summed E-state index contributed by atoms with van der Waals surface area (Å²) < 4.78 is 5.70. The Kier molecular flexibility index (Phi) is 5.42. The van der Waals surface area contributed by atoms with Crippen molar-refractivity contribution in [3.8, 4) is 0 Å². The van der Waals surface area contributed by atoms with E-state index in [9.17, 15) is 14.7 Å². The lowest BCUT2D eigenvalue weighted by molar-refractivity contribution is -0.152. The maximum atomic E-state index is 11.8. The van der Waals surface area contributed by atoms with Gasteiger partial charge in [0.25, 0.3) is 5.91 Å². The Balaban J connectivity index is 2.28. The van der Waals surface area contributed by atoms with E-state index in [0.717, 1.165) is 24.3 Å². The zero-order valence-electron chi connectivity index (χ0n) is 15.3. The van der Waals surface area contributed by atoms with Gasteiger partial charge in [0.05, 0.1) is 5.41 Å². The number of amides is 1. The smallest absolute Gasteiger partial charge is 0.311 e. The second-order valence-corrected chi connectivity index (χ2v) is 7.97. The van der Waals surface area contributed by atoms with E-state index >= 15 is 0 Å². The van der Waals surface area contributed by atoms with Crippen LogP contribution in [0.15, 0.2) is 23.1 Å². The van der Waals surface area contributed by atoms with Crippen molar-refractivity contribution in [3.63, 3.8) is 0 Å². The first-order chi connectivity index (χ1) is 11.6. The number of carbonyl (C=O) groups excluding carboxylic acids is 1. The number of carboxylic acid groups (broad SMARTS) is 1. The van der Waals surface area contributed by atoms with Crippen LogP contribution in [0.3, 0.4) is 0 Å². The molecule has 1 aromatic heterocycles. The van der Waals surface area contributed by atoms with E-state index in [1.165, 1.54) is 0 Å². The van der Waals surface area contributed by atoms with Gasteiger partial charge in [-0.3, -0.25) is 14.5 Å². The fraction of sp³-hybridized carbons (Fsp3) is 0.579. The predicted molar refractivity (Wildman–Crippen MR) is 95.3 cm³/mol. The Morgan fingerprint density at radius 1 is 1.48 bits per heavy atom. The number of allylic oxidation sites excluding steroid dienone is 1. The Morgan fingerprint density at radius 3 is 2.68 bits per heavy atom. The summed E-state index contributed by atoms with van der Waals surface area (Å²) in [6, 6.07) is 1.69. The van der Waals surface area contributed by atoms with Gasteiger partial charge in [0, 0.05) is 24.1 Å². The van der Waals surface area contributed by atoms with E-state index in [0.29, 0.717) is 25.9 Å². The van der Waals surface area contributed by atoms with Crippen LogP contribution in [-0.2, 0) is 16.8 Å². The number of primary amides is 1. The molecule has 1 saturated heterocycles. The Labute approximate surface area is 148 Å². The minimum atomic E-state index is -0.794. The maximum Gasteiger partial charge on any atom is 0.311 e. The predicted octanol–water partition coefficient (Wildman–Crippen LogP) is 2.92. The van der Waals surface area contributed by atoms with Crippen LogP contribution in [0.1, 0.15) is 61.9 Å². The summed E-state index contributed by atoms with van der Waals surface area (Å²) in [4.78, 5) is 25.4. The summed E-state index contributed by atoms with van der Waals surface area (Å²) in [5.74, 6) is -0.510. The van der Waals surface area contributed by atoms with Gasteiger partial charge in [-0.25, -0.2) is 0 Å². The molecule has 0 saturated carbocycles. The van der Waals surface area contributed by atoms with Gasteiger partial charge in [0.15, 0.2) is 5.76 Å². The molecule has 1 aliphatic rings. The lowest BCUT2D eigenvalue weighted by Gasteiger charge is -2.39. The molecule has 1 atom stereocenters. The number of hydrogen-bond donors (Lipinski definition) is 2. The second-order valence-electron chi connectivity index (χ2n) is 7.97. The van der Waals surface area contributed by atoms with Crippen molar-refractivity contribution < 1.29 is 19.1 Å². The molecule has 0 aliphatic carbocycles. The number of hydrogen-bond acceptors (Lipinski definition) is 4. The summed E-state index contributed by atoms with van der Waals surface area (Å²) in [6.07, 6.45) is 3.59. The first kappa shape index (κ1) is 19.2. The number of nitrogens with two attached hydrogens (primary N) is 1. The second kappa shape index (κ2) is 7.04. The number of likely N-dealkylation sites (tertiary alicyclic amines) is 1. The number of carboxylic acids is 1. The normalized spacial score (nSPS) is 21.9. The monoisotopic (exact) mass is 348 g/mol. The van der Waals surface area contributed by atoms with Crippen LogP contribution in [0.25, 0.3) is 0 Å². The summed E-state index contributed by atoms with van der Waals surface area (Å²) in [7, 11) is 0. The molecule has 1 aromatic rings. The van der Waals surface area contributed by atoms with Crippen molar-refractivity contribution in [2.24, 2.45) is 11.1 Å². The Morgan fingerprint density at radius 2 is 2.16 bits per heavy atom. The van der Waals surface area contributed by atoms with Gasteiger partial charge in [0.1, 0.15) is 5.76 Å². The first-order valence-electron chi connectivity index (χ1n) is 8.59. The van der Waals surface area contributed by atoms with Crippen LogP contribution in [0.5, 0.6) is 0 Å². The van der Waals surface area contributed by atoms with E-state index in [-0.39, 0.29) is 11.2 Å². The number of carbonyl (C=O) groups is 2. The molecule has 2 rings (SSSR count). The van der Waals surface area contributed by atoms with Crippen molar-refractivity contribution in [2.75, 3.05) is 13.1 Å². The zero-order chi connectivity index (χ0) is 18.8. The molecule has 6 heteroatoms. The highest BCUT2D eigenvalue weighted by atomic mass is 16.4. The number of aliphatic carboxylic acids is 1. The average molecular weight is 348 g/mol. The third-order valence-corrected chi connectivity index (χ3v) is 4.77. The van der Waals surface area contributed by atoms with Gasteiger partial charge >= 0.3 is 5.97 Å². The summed E-state index contributed by atoms with van der Waals surface area (Å²) in [5, 5.41) is 9.71. The molecule has 0 aromatic carbocycles. The van der Waals surface area contributed by atoms with Crippen molar-refractivity contribution in [2.45, 2.75) is 52.0 Å². The number of piperidine rings is 1. The summed E-state index contributed by atoms with van der Waals surface area (Å²) in [6.45, 7) is 11.5. The van der Waals surface area contributed by atoms with E-state index in [1.807, 2.05) is 20.8 Å². The minimum absolute atomic E-state index is 0.146. The molecule has 1 aliphatic heterocycles. The van der Waals surface area contributed by atoms with Crippen LogP contribution >= 0.6 is 0 Å². The maximum absolute atomic E-state index is 11.8. The molecule has 0 bridgehead atoms. The fourth-order valence-electron chi connectivity index (χ4n) is 3.61. The van der Waals surface area contributed by atoms with Crippen LogP contribution in [-0.4, -0.2) is 35.0 Å². The van der Waals surface area contributed by atoms with Gasteiger partial charge in [-0.1, -0.05) is 26.8 Å². The first-order valence-corrected chi connectivity index (χ1v) is 8.59. The van der Waals surface area contributed by atoms with Crippen molar-refractivity contribution in [1.82, 2.24) is 4.90 Å². The van der Waals surface area contributed by atoms with Gasteiger partial charge < -0.3 is 15.3 Å². The standard InChI is InChI=1S/C19H28N2O4/c1-5-7-19(17(23)24)8-6-9-21(12-19)11-13-10-14(16(20)22)25-15(13)18(2,3)4/h5,10H,1,6-9,11-12H2,2-4H3,(H2,20,22)(H,23,24)/t19-/m1/s1.